The lowest BCUT2D eigenvalue weighted by molar-refractivity contribution is 0.102. The minimum Gasteiger partial charge on any atom is -0.317 e. The number of rotatable bonds is 4. The first kappa shape index (κ1) is 13.5. The fraction of sp³-hybridized carbons (Fsp3) is 0.200. The van der Waals surface area contributed by atoms with E-state index in [4.69, 9.17) is 0 Å². The maximum absolute atomic E-state index is 11.6. The van der Waals surface area contributed by atoms with Crippen LogP contribution in [0.4, 0.5) is 5.69 Å². The van der Waals surface area contributed by atoms with Crippen molar-refractivity contribution in [2.24, 2.45) is 4.99 Å². The summed E-state index contributed by atoms with van der Waals surface area (Å²) in [5.74, 6) is 0.0785. The molecule has 19 heavy (non-hydrogen) atoms. The van der Waals surface area contributed by atoms with E-state index in [0.29, 0.717) is 6.54 Å². The zero-order valence-electron chi connectivity index (χ0n) is 11.1. The molecule has 0 unspecified atom stereocenters. The van der Waals surface area contributed by atoms with Gasteiger partial charge in [0, 0.05) is 19.2 Å². The van der Waals surface area contributed by atoms with Crippen molar-refractivity contribution in [1.82, 2.24) is 4.57 Å². The molecule has 1 heterocycles. The van der Waals surface area contributed by atoms with Crippen molar-refractivity contribution in [1.29, 1.82) is 0 Å². The van der Waals surface area contributed by atoms with Gasteiger partial charge in [0.25, 0.3) is 0 Å². The Hall–Kier alpha value is -1.94. The van der Waals surface area contributed by atoms with Gasteiger partial charge in [-0.05, 0) is 19.1 Å². The molecule has 0 saturated carbocycles. The van der Waals surface area contributed by atoms with Crippen LogP contribution in [0.5, 0.6) is 0 Å². The molecule has 2 rings (SSSR count). The molecule has 0 atom stereocenters. The molecule has 0 N–H and O–H groups in total. The number of para-hydroxylation sites is 1. The van der Waals surface area contributed by atoms with Crippen LogP contribution in [-0.4, -0.2) is 10.4 Å². The fourth-order valence-electron chi connectivity index (χ4n) is 1.85. The number of hydrogen-bond acceptors (Lipinski definition) is 3. The average Bonchev–Trinajstić information content (AvgIpc) is 2.69. The highest BCUT2D eigenvalue weighted by molar-refractivity contribution is 7.11. The lowest BCUT2D eigenvalue weighted by atomic mass is 10.3. The Morgan fingerprint density at radius 3 is 2.68 bits per heavy atom. The number of allylic oxidation sites excluding steroid dienone is 1. The van der Waals surface area contributed by atoms with Gasteiger partial charge >= 0.3 is 0 Å². The Balaban J connectivity index is 2.62. The number of nitrogens with zero attached hydrogens (tertiary/aromatic N) is 2. The van der Waals surface area contributed by atoms with Crippen molar-refractivity contribution < 1.29 is 4.79 Å². The summed E-state index contributed by atoms with van der Waals surface area (Å²) in [5, 5.41) is 0. The van der Waals surface area contributed by atoms with Crippen LogP contribution in [0.2, 0.25) is 0 Å². The van der Waals surface area contributed by atoms with Gasteiger partial charge in [-0.1, -0.05) is 35.6 Å². The summed E-state index contributed by atoms with van der Waals surface area (Å²) in [7, 11) is 0. The number of ketones is 1. The van der Waals surface area contributed by atoms with Gasteiger partial charge in [-0.3, -0.25) is 4.79 Å². The minimum atomic E-state index is 0.0785. The molecule has 0 radical (unpaired) electrons. The van der Waals surface area contributed by atoms with Gasteiger partial charge < -0.3 is 4.57 Å². The van der Waals surface area contributed by atoms with Crippen molar-refractivity contribution in [3.8, 4) is 0 Å². The number of Topliss-reactive ketones (excluding diaryl/α,β-unsaturated/α-hetero) is 1. The van der Waals surface area contributed by atoms with Gasteiger partial charge in [-0.2, -0.15) is 0 Å². The van der Waals surface area contributed by atoms with Crippen LogP contribution < -0.4 is 4.80 Å². The van der Waals surface area contributed by atoms with Crippen LogP contribution in [0.25, 0.3) is 0 Å². The summed E-state index contributed by atoms with van der Waals surface area (Å²) in [6.07, 6.45) is 1.81. The predicted molar refractivity (Wildman–Crippen MR) is 78.9 cm³/mol. The maximum Gasteiger partial charge on any atom is 0.191 e. The summed E-state index contributed by atoms with van der Waals surface area (Å²) in [6.45, 7) is 7.94. The van der Waals surface area contributed by atoms with Crippen molar-refractivity contribution >= 4 is 22.8 Å². The van der Waals surface area contributed by atoms with Crippen molar-refractivity contribution in [3.05, 3.63) is 58.4 Å². The number of benzene rings is 1. The van der Waals surface area contributed by atoms with Crippen molar-refractivity contribution in [2.75, 3.05) is 0 Å². The van der Waals surface area contributed by atoms with Gasteiger partial charge in [0.2, 0.25) is 0 Å². The second-order valence-corrected chi connectivity index (χ2v) is 5.18. The third kappa shape index (κ3) is 2.90. The van der Waals surface area contributed by atoms with Crippen LogP contribution in [0.1, 0.15) is 22.3 Å². The molecule has 0 saturated heterocycles. The van der Waals surface area contributed by atoms with E-state index in [2.05, 4.69) is 11.6 Å². The Kier molecular flexibility index (Phi) is 4.12. The second kappa shape index (κ2) is 5.80. The second-order valence-electron chi connectivity index (χ2n) is 4.20. The molecule has 0 aliphatic rings. The summed E-state index contributed by atoms with van der Waals surface area (Å²) in [5.41, 5.74) is 1.84. The zero-order chi connectivity index (χ0) is 13.8. The molecule has 0 spiro atoms. The highest BCUT2D eigenvalue weighted by Crippen LogP contribution is 2.15. The fourth-order valence-corrected chi connectivity index (χ4v) is 2.91. The molecule has 1 aromatic carbocycles. The smallest absolute Gasteiger partial charge is 0.191 e. The molecule has 2 aromatic rings. The van der Waals surface area contributed by atoms with Crippen LogP contribution in [0.3, 0.4) is 0 Å². The SMILES string of the molecule is C=CCn1c(C)c(C(C)=O)sc1=Nc1ccccc1. The first-order valence-corrected chi connectivity index (χ1v) is 6.87. The summed E-state index contributed by atoms with van der Waals surface area (Å²) < 4.78 is 2.02. The molecule has 0 amide bonds. The monoisotopic (exact) mass is 272 g/mol. The highest BCUT2D eigenvalue weighted by Gasteiger charge is 2.12. The number of thiazole rings is 1. The van der Waals surface area contributed by atoms with E-state index in [1.54, 1.807) is 6.92 Å². The van der Waals surface area contributed by atoms with Gasteiger partial charge in [-0.15, -0.1) is 6.58 Å². The van der Waals surface area contributed by atoms with Crippen LogP contribution in [-0.2, 0) is 6.54 Å². The molecule has 3 nitrogen and oxygen atoms in total. The number of aromatic nitrogens is 1. The number of carbonyl (C=O) groups is 1. The largest absolute Gasteiger partial charge is 0.317 e. The lowest BCUT2D eigenvalue weighted by Crippen LogP contribution is -2.15. The van der Waals surface area contributed by atoms with Gasteiger partial charge in [0.1, 0.15) is 0 Å². The van der Waals surface area contributed by atoms with Crippen LogP contribution in [0, 0.1) is 6.92 Å². The van der Waals surface area contributed by atoms with E-state index in [9.17, 15) is 4.79 Å². The van der Waals surface area contributed by atoms with E-state index >= 15 is 0 Å². The summed E-state index contributed by atoms with van der Waals surface area (Å²) >= 11 is 1.43. The van der Waals surface area contributed by atoms with E-state index in [-0.39, 0.29) is 5.78 Å². The quantitative estimate of drug-likeness (QED) is 0.620. The molecule has 98 valence electrons. The normalized spacial score (nSPS) is 11.6. The van der Waals surface area contributed by atoms with E-state index in [0.717, 1.165) is 21.1 Å². The molecule has 0 aliphatic carbocycles. The standard InChI is InChI=1S/C15H16N2OS/c1-4-10-17-11(2)14(12(3)18)19-15(17)16-13-8-6-5-7-9-13/h4-9H,1,10H2,2-3H3. The average molecular weight is 272 g/mol. The Bertz CT molecular complexity index is 665. The predicted octanol–water partition coefficient (Wildman–Crippen LogP) is 3.48. The Morgan fingerprint density at radius 1 is 1.42 bits per heavy atom. The summed E-state index contributed by atoms with van der Waals surface area (Å²) in [4.78, 5) is 17.8. The molecular weight excluding hydrogens is 256 g/mol. The Morgan fingerprint density at radius 2 is 2.11 bits per heavy atom. The topological polar surface area (TPSA) is 34.4 Å². The molecule has 0 bridgehead atoms. The molecular formula is C15H16N2OS. The minimum absolute atomic E-state index is 0.0785. The Labute approximate surface area is 116 Å². The number of carbonyl (C=O) groups excluding carboxylic acids is 1. The zero-order valence-corrected chi connectivity index (χ0v) is 11.9. The highest BCUT2D eigenvalue weighted by atomic mass is 32.1. The summed E-state index contributed by atoms with van der Waals surface area (Å²) in [6, 6.07) is 9.74. The van der Waals surface area contributed by atoms with Gasteiger partial charge in [0.15, 0.2) is 10.6 Å². The number of hydrogen-bond donors (Lipinski definition) is 0. The third-order valence-electron chi connectivity index (χ3n) is 2.77. The van der Waals surface area contributed by atoms with Crippen molar-refractivity contribution in [2.45, 2.75) is 20.4 Å². The molecule has 0 aliphatic heterocycles. The van der Waals surface area contributed by atoms with E-state index in [1.807, 2.05) is 47.9 Å². The van der Waals surface area contributed by atoms with E-state index in [1.165, 1.54) is 11.3 Å². The first-order valence-electron chi connectivity index (χ1n) is 6.05. The van der Waals surface area contributed by atoms with Crippen LogP contribution in [0.15, 0.2) is 48.0 Å². The van der Waals surface area contributed by atoms with Gasteiger partial charge in [-0.25, -0.2) is 4.99 Å². The van der Waals surface area contributed by atoms with Crippen LogP contribution >= 0.6 is 11.3 Å². The maximum atomic E-state index is 11.6. The lowest BCUT2D eigenvalue weighted by Gasteiger charge is -2.02. The first-order chi connectivity index (χ1) is 9.13. The molecule has 4 heteroatoms. The third-order valence-corrected chi connectivity index (χ3v) is 4.05. The van der Waals surface area contributed by atoms with Gasteiger partial charge in [0.05, 0.1) is 10.6 Å². The van der Waals surface area contributed by atoms with E-state index < -0.39 is 0 Å². The molecule has 1 aromatic heterocycles. The molecule has 0 fully saturated rings. The van der Waals surface area contributed by atoms with Crippen molar-refractivity contribution in [3.63, 3.8) is 0 Å².